The van der Waals surface area contributed by atoms with Gasteiger partial charge in [-0.3, -0.25) is 0 Å². The third-order valence-corrected chi connectivity index (χ3v) is 4.12. The van der Waals surface area contributed by atoms with E-state index in [2.05, 4.69) is 0 Å². The van der Waals surface area contributed by atoms with Gasteiger partial charge in [0.25, 0.3) is 0 Å². The normalized spacial score (nSPS) is 39.1. The molecule has 104 valence electrons. The van der Waals surface area contributed by atoms with E-state index >= 15 is 0 Å². The SMILES string of the molecule is CC(O)(C1CC2C=CC1C2C(F)(F)F)C(F)(F)F. The molecule has 1 N–H and O–H groups in total. The molecule has 0 heterocycles. The number of aliphatic hydroxyl groups is 1. The van der Waals surface area contributed by atoms with Gasteiger partial charge in [0, 0.05) is 5.92 Å². The van der Waals surface area contributed by atoms with Crippen molar-refractivity contribution in [3.8, 4) is 0 Å². The minimum atomic E-state index is -4.92. The van der Waals surface area contributed by atoms with Gasteiger partial charge in [-0.25, -0.2) is 0 Å². The van der Waals surface area contributed by atoms with E-state index < -0.39 is 41.6 Å². The minimum Gasteiger partial charge on any atom is -0.380 e. The van der Waals surface area contributed by atoms with Crippen LogP contribution in [-0.4, -0.2) is 23.1 Å². The average molecular weight is 274 g/mol. The Morgan fingerprint density at radius 3 is 2.00 bits per heavy atom. The summed E-state index contributed by atoms with van der Waals surface area (Å²) >= 11 is 0. The Labute approximate surface area is 99.5 Å². The first-order valence-corrected chi connectivity index (χ1v) is 5.50. The van der Waals surface area contributed by atoms with Crippen molar-refractivity contribution in [2.24, 2.45) is 23.7 Å². The topological polar surface area (TPSA) is 20.2 Å². The Balaban J connectivity index is 2.29. The van der Waals surface area contributed by atoms with E-state index in [1.165, 1.54) is 6.08 Å². The zero-order valence-corrected chi connectivity index (χ0v) is 9.39. The smallest absolute Gasteiger partial charge is 0.380 e. The van der Waals surface area contributed by atoms with Crippen molar-refractivity contribution >= 4 is 0 Å². The zero-order valence-electron chi connectivity index (χ0n) is 9.39. The van der Waals surface area contributed by atoms with Crippen LogP contribution in [0.25, 0.3) is 0 Å². The monoisotopic (exact) mass is 274 g/mol. The van der Waals surface area contributed by atoms with E-state index in [1.807, 2.05) is 0 Å². The largest absolute Gasteiger partial charge is 0.417 e. The van der Waals surface area contributed by atoms with Crippen LogP contribution in [0.4, 0.5) is 26.3 Å². The molecule has 0 amide bonds. The van der Waals surface area contributed by atoms with Crippen molar-refractivity contribution < 1.29 is 31.4 Å². The second-order valence-electron chi connectivity index (χ2n) is 5.18. The van der Waals surface area contributed by atoms with Gasteiger partial charge in [0.15, 0.2) is 5.60 Å². The molecule has 0 radical (unpaired) electrons. The predicted molar refractivity (Wildman–Crippen MR) is 50.5 cm³/mol. The first kappa shape index (κ1) is 13.7. The molecule has 0 aromatic carbocycles. The van der Waals surface area contributed by atoms with Crippen LogP contribution in [0.3, 0.4) is 0 Å². The number of hydrogen-bond donors (Lipinski definition) is 1. The highest BCUT2D eigenvalue weighted by atomic mass is 19.4. The maximum absolute atomic E-state index is 12.8. The van der Waals surface area contributed by atoms with Gasteiger partial charge in [0.2, 0.25) is 0 Å². The van der Waals surface area contributed by atoms with E-state index in [1.54, 1.807) is 0 Å². The van der Waals surface area contributed by atoms with E-state index in [9.17, 15) is 31.4 Å². The lowest BCUT2D eigenvalue weighted by Gasteiger charge is -2.36. The summed E-state index contributed by atoms with van der Waals surface area (Å²) in [5, 5.41) is 9.53. The van der Waals surface area contributed by atoms with Gasteiger partial charge >= 0.3 is 12.4 Å². The second-order valence-corrected chi connectivity index (χ2v) is 5.18. The van der Waals surface area contributed by atoms with Gasteiger partial charge in [-0.2, -0.15) is 26.3 Å². The summed E-state index contributed by atoms with van der Waals surface area (Å²) < 4.78 is 76.3. The van der Waals surface area contributed by atoms with Crippen molar-refractivity contribution in [2.75, 3.05) is 0 Å². The number of fused-ring (bicyclic) bond motifs is 2. The molecule has 1 fully saturated rings. The van der Waals surface area contributed by atoms with Crippen LogP contribution in [0.5, 0.6) is 0 Å². The van der Waals surface area contributed by atoms with E-state index in [4.69, 9.17) is 0 Å². The summed E-state index contributed by atoms with van der Waals surface area (Å²) in [6.07, 6.45) is -7.26. The summed E-state index contributed by atoms with van der Waals surface area (Å²) in [4.78, 5) is 0. The maximum atomic E-state index is 12.8. The molecule has 2 bridgehead atoms. The first-order chi connectivity index (χ1) is 7.96. The Morgan fingerprint density at radius 1 is 1.06 bits per heavy atom. The molecule has 1 saturated carbocycles. The van der Waals surface area contributed by atoms with Crippen LogP contribution >= 0.6 is 0 Å². The van der Waals surface area contributed by atoms with Crippen molar-refractivity contribution in [2.45, 2.75) is 31.3 Å². The third-order valence-electron chi connectivity index (χ3n) is 4.12. The third kappa shape index (κ3) is 1.83. The number of allylic oxidation sites excluding steroid dienone is 2. The maximum Gasteiger partial charge on any atom is 0.417 e. The number of hydrogen-bond acceptors (Lipinski definition) is 1. The summed E-state index contributed by atoms with van der Waals surface area (Å²) in [6.45, 7) is 0.555. The molecule has 2 rings (SSSR count). The molecular formula is C11H12F6O. The molecule has 2 aliphatic carbocycles. The average Bonchev–Trinajstić information content (AvgIpc) is 2.70. The van der Waals surface area contributed by atoms with E-state index in [-0.39, 0.29) is 6.42 Å². The fourth-order valence-electron chi connectivity index (χ4n) is 3.13. The molecule has 7 heteroatoms. The molecular weight excluding hydrogens is 262 g/mol. The van der Waals surface area contributed by atoms with Crippen LogP contribution in [0.15, 0.2) is 12.2 Å². The van der Waals surface area contributed by atoms with Crippen molar-refractivity contribution in [3.63, 3.8) is 0 Å². The summed E-state index contributed by atoms with van der Waals surface area (Å²) in [7, 11) is 0. The van der Waals surface area contributed by atoms with Crippen LogP contribution < -0.4 is 0 Å². The summed E-state index contributed by atoms with van der Waals surface area (Å²) in [5.41, 5.74) is -3.08. The molecule has 18 heavy (non-hydrogen) atoms. The van der Waals surface area contributed by atoms with Crippen LogP contribution in [0.2, 0.25) is 0 Å². The number of alkyl halides is 6. The molecule has 2 aliphatic rings. The molecule has 5 atom stereocenters. The highest BCUT2D eigenvalue weighted by Gasteiger charge is 2.65. The lowest BCUT2D eigenvalue weighted by Crippen LogP contribution is -2.50. The molecule has 0 saturated heterocycles. The molecule has 0 aromatic heterocycles. The van der Waals surface area contributed by atoms with Crippen LogP contribution in [0.1, 0.15) is 13.3 Å². The van der Waals surface area contributed by atoms with E-state index in [0.29, 0.717) is 6.92 Å². The van der Waals surface area contributed by atoms with Crippen molar-refractivity contribution in [3.05, 3.63) is 12.2 Å². The highest BCUT2D eigenvalue weighted by molar-refractivity contribution is 5.19. The Kier molecular flexibility index (Phi) is 2.78. The minimum absolute atomic E-state index is 0.280. The second kappa shape index (κ2) is 3.65. The molecule has 5 unspecified atom stereocenters. The molecule has 0 aliphatic heterocycles. The highest BCUT2D eigenvalue weighted by Crippen LogP contribution is 2.59. The zero-order chi connectivity index (χ0) is 13.9. The lowest BCUT2D eigenvalue weighted by atomic mass is 9.78. The Bertz CT molecular complexity index is 367. The van der Waals surface area contributed by atoms with Crippen LogP contribution in [-0.2, 0) is 0 Å². The standard InChI is InChI=1S/C11H12F6O/c1-9(18,11(15,16)17)7-4-5-2-3-6(7)8(5)10(12,13)14/h2-3,5-8,18H,4H2,1H3. The van der Waals surface area contributed by atoms with Gasteiger partial charge in [-0.1, -0.05) is 12.2 Å². The van der Waals surface area contributed by atoms with Crippen LogP contribution in [0, 0.1) is 23.7 Å². The number of rotatable bonds is 1. The Hall–Kier alpha value is -0.720. The van der Waals surface area contributed by atoms with Gasteiger partial charge in [0.1, 0.15) is 0 Å². The van der Waals surface area contributed by atoms with Gasteiger partial charge in [-0.05, 0) is 25.2 Å². The van der Waals surface area contributed by atoms with Crippen molar-refractivity contribution in [1.29, 1.82) is 0 Å². The molecule has 0 aromatic rings. The number of halogens is 6. The first-order valence-electron chi connectivity index (χ1n) is 5.50. The van der Waals surface area contributed by atoms with Gasteiger partial charge in [0.05, 0.1) is 5.92 Å². The molecule has 1 nitrogen and oxygen atoms in total. The van der Waals surface area contributed by atoms with Gasteiger partial charge in [-0.15, -0.1) is 0 Å². The van der Waals surface area contributed by atoms with Crippen molar-refractivity contribution in [1.82, 2.24) is 0 Å². The quantitative estimate of drug-likeness (QED) is 0.574. The lowest BCUT2D eigenvalue weighted by molar-refractivity contribution is -0.277. The summed E-state index contributed by atoms with van der Waals surface area (Å²) in [6, 6.07) is 0. The molecule has 0 spiro atoms. The summed E-state index contributed by atoms with van der Waals surface area (Å²) in [5.74, 6) is -5.46. The van der Waals surface area contributed by atoms with E-state index in [0.717, 1.165) is 6.08 Å². The predicted octanol–water partition coefficient (Wildman–Crippen LogP) is 3.30. The fourth-order valence-corrected chi connectivity index (χ4v) is 3.13. The van der Waals surface area contributed by atoms with Gasteiger partial charge < -0.3 is 5.11 Å². The fraction of sp³-hybridized carbons (Fsp3) is 0.818. The Morgan fingerprint density at radius 2 is 1.61 bits per heavy atom.